The van der Waals surface area contributed by atoms with E-state index in [9.17, 15) is 4.79 Å². The number of nitrogen functional groups attached to an aromatic ring is 1. The quantitative estimate of drug-likeness (QED) is 0.708. The number of fused-ring (bicyclic) bond motifs is 1. The molecule has 0 spiro atoms. The number of hydrogen-bond acceptors (Lipinski definition) is 5. The van der Waals surface area contributed by atoms with E-state index in [-0.39, 0.29) is 0 Å². The van der Waals surface area contributed by atoms with Crippen molar-refractivity contribution in [2.45, 2.75) is 19.9 Å². The molecule has 1 heterocycles. The fraction of sp³-hybridized carbons (Fsp3) is 0.385. The number of ether oxygens (including phenoxy) is 1. The van der Waals surface area contributed by atoms with Gasteiger partial charge in [-0.1, -0.05) is 6.92 Å². The molecular weight excluding hydrogens is 258 g/mol. The molecule has 0 unspecified atom stereocenters. The molecule has 2 aromatic rings. The Labute approximate surface area is 116 Å². The standard InChI is InChI=1S/C13H19N5O2/c1-2-4-18-11-9(17-13(18)16)6-8(12(15)19)7-10(11)20-5-3-14/h6-7H,2-5,14H2,1H3,(H2,15,19)(H2,16,17). The largest absolute Gasteiger partial charge is 0.490 e. The summed E-state index contributed by atoms with van der Waals surface area (Å²) >= 11 is 0. The summed E-state index contributed by atoms with van der Waals surface area (Å²) in [5.41, 5.74) is 18.4. The SMILES string of the molecule is CCCn1c(N)nc2cc(C(N)=O)cc(OCCN)c21. The van der Waals surface area contributed by atoms with E-state index in [0.717, 1.165) is 18.5 Å². The van der Waals surface area contributed by atoms with Gasteiger partial charge in [0.15, 0.2) is 0 Å². The lowest BCUT2D eigenvalue weighted by molar-refractivity contribution is 0.1000. The maximum absolute atomic E-state index is 11.4. The first-order valence-electron chi connectivity index (χ1n) is 6.50. The number of hydrogen-bond donors (Lipinski definition) is 3. The summed E-state index contributed by atoms with van der Waals surface area (Å²) in [6.45, 7) is 3.48. The number of carbonyl (C=O) groups excluding carboxylic acids is 1. The van der Waals surface area contributed by atoms with E-state index in [1.807, 2.05) is 11.5 Å². The van der Waals surface area contributed by atoms with Crippen molar-refractivity contribution in [3.05, 3.63) is 17.7 Å². The van der Waals surface area contributed by atoms with E-state index in [1.165, 1.54) is 0 Å². The molecule has 0 bridgehead atoms. The van der Waals surface area contributed by atoms with Gasteiger partial charge < -0.3 is 26.5 Å². The number of nitrogens with two attached hydrogens (primary N) is 3. The number of aryl methyl sites for hydroxylation is 1. The molecule has 2 rings (SSSR count). The molecule has 0 aliphatic rings. The molecule has 0 saturated carbocycles. The Hall–Kier alpha value is -2.28. The van der Waals surface area contributed by atoms with E-state index < -0.39 is 5.91 Å². The van der Waals surface area contributed by atoms with Gasteiger partial charge in [0.2, 0.25) is 11.9 Å². The Morgan fingerprint density at radius 2 is 2.20 bits per heavy atom. The van der Waals surface area contributed by atoms with Gasteiger partial charge in [-0.15, -0.1) is 0 Å². The second kappa shape index (κ2) is 5.79. The molecule has 0 saturated heterocycles. The van der Waals surface area contributed by atoms with Gasteiger partial charge in [0, 0.05) is 18.7 Å². The topological polar surface area (TPSA) is 122 Å². The van der Waals surface area contributed by atoms with E-state index in [4.69, 9.17) is 21.9 Å². The summed E-state index contributed by atoms with van der Waals surface area (Å²) in [6, 6.07) is 3.23. The minimum absolute atomic E-state index is 0.339. The molecule has 6 N–H and O–H groups in total. The fourth-order valence-corrected chi connectivity index (χ4v) is 2.12. The number of carbonyl (C=O) groups is 1. The lowest BCUT2D eigenvalue weighted by Gasteiger charge is -2.11. The number of rotatable bonds is 6. The predicted octanol–water partition coefficient (Wildman–Crippen LogP) is 0.465. The Morgan fingerprint density at radius 1 is 1.45 bits per heavy atom. The van der Waals surface area contributed by atoms with Crippen molar-refractivity contribution in [1.29, 1.82) is 0 Å². The van der Waals surface area contributed by atoms with Crippen molar-refractivity contribution >= 4 is 22.9 Å². The Balaban J connectivity index is 2.64. The zero-order chi connectivity index (χ0) is 14.7. The number of anilines is 1. The van der Waals surface area contributed by atoms with Crippen LogP contribution in [0, 0.1) is 0 Å². The average Bonchev–Trinajstić information content (AvgIpc) is 2.72. The fourth-order valence-electron chi connectivity index (χ4n) is 2.12. The van der Waals surface area contributed by atoms with Crippen molar-refractivity contribution in [3.63, 3.8) is 0 Å². The lowest BCUT2D eigenvalue weighted by Crippen LogP contribution is -2.14. The zero-order valence-corrected chi connectivity index (χ0v) is 11.4. The number of nitrogens with zero attached hydrogens (tertiary/aromatic N) is 2. The molecule has 0 aliphatic heterocycles. The Kier molecular flexibility index (Phi) is 4.09. The summed E-state index contributed by atoms with van der Waals surface area (Å²) in [4.78, 5) is 15.6. The molecular formula is C13H19N5O2. The van der Waals surface area contributed by atoms with Gasteiger partial charge in [-0.25, -0.2) is 4.98 Å². The molecule has 0 fully saturated rings. The second-order valence-electron chi connectivity index (χ2n) is 4.47. The van der Waals surface area contributed by atoms with Gasteiger partial charge in [-0.2, -0.15) is 0 Å². The smallest absolute Gasteiger partial charge is 0.248 e. The van der Waals surface area contributed by atoms with Crippen LogP contribution >= 0.6 is 0 Å². The van der Waals surface area contributed by atoms with Crippen molar-refractivity contribution in [1.82, 2.24) is 9.55 Å². The van der Waals surface area contributed by atoms with Crippen LogP contribution in [0.1, 0.15) is 23.7 Å². The van der Waals surface area contributed by atoms with Crippen LogP contribution in [-0.4, -0.2) is 28.6 Å². The normalized spacial score (nSPS) is 10.9. The molecule has 108 valence electrons. The third-order valence-corrected chi connectivity index (χ3v) is 2.94. The minimum atomic E-state index is -0.534. The van der Waals surface area contributed by atoms with Gasteiger partial charge in [-0.3, -0.25) is 4.79 Å². The zero-order valence-electron chi connectivity index (χ0n) is 11.4. The highest BCUT2D eigenvalue weighted by molar-refractivity contribution is 5.98. The van der Waals surface area contributed by atoms with Crippen molar-refractivity contribution in [2.75, 3.05) is 18.9 Å². The molecule has 7 nitrogen and oxygen atoms in total. The van der Waals surface area contributed by atoms with Crippen LogP contribution in [-0.2, 0) is 6.54 Å². The Bertz CT molecular complexity index is 635. The third kappa shape index (κ3) is 2.53. The summed E-state index contributed by atoms with van der Waals surface area (Å²) in [5, 5.41) is 0. The summed E-state index contributed by atoms with van der Waals surface area (Å²) in [5.74, 6) is 0.383. The number of benzene rings is 1. The van der Waals surface area contributed by atoms with E-state index >= 15 is 0 Å². The molecule has 1 aromatic heterocycles. The number of imidazole rings is 1. The van der Waals surface area contributed by atoms with Gasteiger partial charge in [0.05, 0.1) is 5.52 Å². The average molecular weight is 277 g/mol. The molecule has 0 atom stereocenters. The van der Waals surface area contributed by atoms with E-state index in [0.29, 0.717) is 35.9 Å². The number of primary amides is 1. The molecule has 1 amide bonds. The molecule has 0 aliphatic carbocycles. The minimum Gasteiger partial charge on any atom is -0.490 e. The van der Waals surface area contributed by atoms with Crippen molar-refractivity contribution in [2.24, 2.45) is 11.5 Å². The summed E-state index contributed by atoms with van der Waals surface area (Å²) in [7, 11) is 0. The van der Waals surface area contributed by atoms with Crippen LogP contribution in [0.3, 0.4) is 0 Å². The van der Waals surface area contributed by atoms with Crippen LogP contribution in [0.5, 0.6) is 5.75 Å². The maximum atomic E-state index is 11.4. The van der Waals surface area contributed by atoms with Crippen LogP contribution in [0.4, 0.5) is 5.95 Å². The van der Waals surface area contributed by atoms with Crippen molar-refractivity contribution in [3.8, 4) is 5.75 Å². The number of amides is 1. The highest BCUT2D eigenvalue weighted by atomic mass is 16.5. The Morgan fingerprint density at radius 3 is 2.80 bits per heavy atom. The maximum Gasteiger partial charge on any atom is 0.248 e. The third-order valence-electron chi connectivity index (χ3n) is 2.94. The first-order chi connectivity index (χ1) is 9.58. The first-order valence-corrected chi connectivity index (χ1v) is 6.50. The highest BCUT2D eigenvalue weighted by Crippen LogP contribution is 2.30. The van der Waals surface area contributed by atoms with Crippen LogP contribution in [0.2, 0.25) is 0 Å². The monoisotopic (exact) mass is 277 g/mol. The van der Waals surface area contributed by atoms with Crippen LogP contribution in [0.15, 0.2) is 12.1 Å². The van der Waals surface area contributed by atoms with Crippen LogP contribution < -0.4 is 21.9 Å². The van der Waals surface area contributed by atoms with E-state index in [1.54, 1.807) is 12.1 Å². The van der Waals surface area contributed by atoms with Gasteiger partial charge >= 0.3 is 0 Å². The second-order valence-corrected chi connectivity index (χ2v) is 4.47. The van der Waals surface area contributed by atoms with Crippen molar-refractivity contribution < 1.29 is 9.53 Å². The van der Waals surface area contributed by atoms with Gasteiger partial charge in [0.25, 0.3) is 0 Å². The van der Waals surface area contributed by atoms with Gasteiger partial charge in [0.1, 0.15) is 17.9 Å². The highest BCUT2D eigenvalue weighted by Gasteiger charge is 2.16. The lowest BCUT2D eigenvalue weighted by atomic mass is 10.1. The number of aromatic nitrogens is 2. The summed E-state index contributed by atoms with van der Waals surface area (Å²) in [6.07, 6.45) is 0.906. The first kappa shape index (κ1) is 14.1. The molecule has 0 radical (unpaired) electrons. The van der Waals surface area contributed by atoms with Crippen LogP contribution in [0.25, 0.3) is 11.0 Å². The molecule has 20 heavy (non-hydrogen) atoms. The van der Waals surface area contributed by atoms with Gasteiger partial charge in [-0.05, 0) is 18.6 Å². The van der Waals surface area contributed by atoms with E-state index in [2.05, 4.69) is 4.98 Å². The molecule has 1 aromatic carbocycles. The molecule has 7 heteroatoms. The summed E-state index contributed by atoms with van der Waals surface area (Å²) < 4.78 is 7.48. The predicted molar refractivity (Wildman–Crippen MR) is 77.5 cm³/mol.